The second-order valence-corrected chi connectivity index (χ2v) is 7.61. The first-order chi connectivity index (χ1) is 14.4. The number of halogens is 1. The molecule has 1 aromatic heterocycles. The third kappa shape index (κ3) is 4.91. The average molecular weight is 474 g/mol. The van der Waals surface area contributed by atoms with Gasteiger partial charge in [0.15, 0.2) is 0 Å². The van der Waals surface area contributed by atoms with Gasteiger partial charge in [-0.15, -0.1) is 0 Å². The molecular weight excluding hydrogens is 450 g/mol. The van der Waals surface area contributed by atoms with Gasteiger partial charge in [-0.1, -0.05) is 22.9 Å². The van der Waals surface area contributed by atoms with Gasteiger partial charge in [-0.05, 0) is 56.7 Å². The highest BCUT2D eigenvalue weighted by Crippen LogP contribution is 2.38. The number of aromatic nitrogens is 1. The molecule has 2 aromatic carbocycles. The van der Waals surface area contributed by atoms with Gasteiger partial charge in [-0.2, -0.15) is 0 Å². The van der Waals surface area contributed by atoms with Gasteiger partial charge in [0.1, 0.15) is 23.9 Å². The van der Waals surface area contributed by atoms with Crippen LogP contribution in [-0.4, -0.2) is 31.5 Å². The minimum absolute atomic E-state index is 0.120. The minimum atomic E-state index is -0.775. The molecule has 0 aliphatic rings. The Balaban J connectivity index is 2.03. The molecule has 0 aliphatic carbocycles. The normalized spacial score (nSPS) is 10.8. The molecule has 0 fully saturated rings. The van der Waals surface area contributed by atoms with E-state index in [9.17, 15) is 4.79 Å². The lowest BCUT2D eigenvalue weighted by molar-refractivity contribution is 0.0687. The fraction of sp³-hybridized carbons (Fsp3) is 0.304. The highest BCUT2D eigenvalue weighted by molar-refractivity contribution is 9.10. The summed E-state index contributed by atoms with van der Waals surface area (Å²) in [7, 11) is 1.54. The summed E-state index contributed by atoms with van der Waals surface area (Å²) in [5.41, 5.74) is 3.23. The molecule has 1 heterocycles. The van der Waals surface area contributed by atoms with E-state index in [1.807, 2.05) is 57.2 Å². The summed E-state index contributed by atoms with van der Waals surface area (Å²) in [6, 6.07) is 11.3. The summed E-state index contributed by atoms with van der Waals surface area (Å²) in [5.74, 6) is 1.81. The predicted molar refractivity (Wildman–Crippen MR) is 119 cm³/mol. The van der Waals surface area contributed by atoms with Crippen molar-refractivity contribution < 1.29 is 23.7 Å². The number of hydrogen-bond acceptors (Lipinski definition) is 6. The number of fused-ring (bicyclic) bond motifs is 1. The lowest BCUT2D eigenvalue weighted by Crippen LogP contribution is -2.15. The molecule has 7 heteroatoms. The second kappa shape index (κ2) is 9.91. The number of benzene rings is 2. The van der Waals surface area contributed by atoms with E-state index in [4.69, 9.17) is 23.9 Å². The Bertz CT molecular complexity index is 1050. The number of hydrogen-bond donors (Lipinski definition) is 0. The molecule has 0 atom stereocenters. The zero-order valence-electron chi connectivity index (χ0n) is 17.5. The van der Waals surface area contributed by atoms with Gasteiger partial charge >= 0.3 is 6.16 Å². The first-order valence-corrected chi connectivity index (χ1v) is 10.4. The monoisotopic (exact) mass is 473 g/mol. The van der Waals surface area contributed by atoms with Gasteiger partial charge < -0.3 is 18.9 Å². The first-order valence-electron chi connectivity index (χ1n) is 9.64. The van der Waals surface area contributed by atoms with Gasteiger partial charge in [0.05, 0.1) is 17.5 Å². The van der Waals surface area contributed by atoms with Crippen LogP contribution < -0.4 is 9.47 Å². The number of pyridine rings is 1. The molecule has 0 N–H and O–H groups in total. The van der Waals surface area contributed by atoms with Gasteiger partial charge in [-0.3, -0.25) is 4.98 Å². The van der Waals surface area contributed by atoms with Crippen LogP contribution in [0.1, 0.15) is 23.7 Å². The van der Waals surface area contributed by atoms with E-state index in [0.29, 0.717) is 30.3 Å². The van der Waals surface area contributed by atoms with E-state index in [-0.39, 0.29) is 6.61 Å². The van der Waals surface area contributed by atoms with Crippen LogP contribution in [0.15, 0.2) is 40.9 Å². The van der Waals surface area contributed by atoms with Gasteiger partial charge in [0.2, 0.25) is 0 Å². The maximum absolute atomic E-state index is 12.2. The maximum atomic E-state index is 12.2. The number of carbonyl (C=O) groups excluding carboxylic acids is 1. The molecule has 0 saturated carbocycles. The molecule has 30 heavy (non-hydrogen) atoms. The standard InChI is InChI=1S/C23H24BrNO5/c1-5-18-14(2)22(30-23(26)28-13-12-27-4)21-15(3)20(11-10-19(21)25-18)29-17-8-6-16(24)7-9-17/h6-11H,5,12-13H2,1-4H3. The van der Waals surface area contributed by atoms with Crippen molar-refractivity contribution in [2.75, 3.05) is 20.3 Å². The van der Waals surface area contributed by atoms with Crippen molar-refractivity contribution >= 4 is 33.0 Å². The summed E-state index contributed by atoms with van der Waals surface area (Å²) in [4.78, 5) is 17.0. The number of nitrogens with zero attached hydrogens (tertiary/aromatic N) is 1. The van der Waals surface area contributed by atoms with Crippen molar-refractivity contribution in [3.8, 4) is 17.2 Å². The highest BCUT2D eigenvalue weighted by Gasteiger charge is 2.20. The van der Waals surface area contributed by atoms with Crippen LogP contribution in [0.4, 0.5) is 4.79 Å². The second-order valence-electron chi connectivity index (χ2n) is 6.70. The molecule has 0 aliphatic heterocycles. The summed E-state index contributed by atoms with van der Waals surface area (Å²) in [6.07, 6.45) is -0.0594. The molecule has 0 bridgehead atoms. The van der Waals surface area contributed by atoms with Crippen LogP contribution in [0.2, 0.25) is 0 Å². The quantitative estimate of drug-likeness (QED) is 0.303. The summed E-state index contributed by atoms with van der Waals surface area (Å²) in [5, 5.41) is 0.725. The molecule has 0 unspecified atom stereocenters. The SMILES string of the molecule is CCc1nc2ccc(Oc3ccc(Br)cc3)c(C)c2c(OC(=O)OCCOC)c1C. The fourth-order valence-corrected chi connectivity index (χ4v) is 3.40. The summed E-state index contributed by atoms with van der Waals surface area (Å²) >= 11 is 3.42. The Hall–Kier alpha value is -2.64. The fourth-order valence-electron chi connectivity index (χ4n) is 3.14. The number of methoxy groups -OCH3 is 1. The van der Waals surface area contributed by atoms with Crippen molar-refractivity contribution in [3.05, 3.63) is 57.7 Å². The van der Waals surface area contributed by atoms with E-state index in [1.165, 1.54) is 0 Å². The molecular formula is C23H24BrNO5. The molecule has 6 nitrogen and oxygen atoms in total. The topological polar surface area (TPSA) is 66.9 Å². The van der Waals surface area contributed by atoms with Gasteiger partial charge in [0.25, 0.3) is 0 Å². The average Bonchev–Trinajstić information content (AvgIpc) is 2.73. The number of carbonyl (C=O) groups is 1. The Morgan fingerprint density at radius 2 is 1.77 bits per heavy atom. The zero-order chi connectivity index (χ0) is 21.7. The van der Waals surface area contributed by atoms with Crippen molar-refractivity contribution in [1.82, 2.24) is 4.98 Å². The van der Waals surface area contributed by atoms with Crippen molar-refractivity contribution in [2.24, 2.45) is 0 Å². The lowest BCUT2D eigenvalue weighted by atomic mass is 10.0. The molecule has 0 spiro atoms. The highest BCUT2D eigenvalue weighted by atomic mass is 79.9. The summed E-state index contributed by atoms with van der Waals surface area (Å²) < 4.78 is 22.7. The van der Waals surface area contributed by atoms with Gasteiger partial charge in [-0.25, -0.2) is 4.79 Å². The lowest BCUT2D eigenvalue weighted by Gasteiger charge is -2.17. The smallest absolute Gasteiger partial charge is 0.457 e. The minimum Gasteiger partial charge on any atom is -0.457 e. The van der Waals surface area contributed by atoms with E-state index in [0.717, 1.165) is 32.2 Å². The first kappa shape index (κ1) is 22.1. The zero-order valence-corrected chi connectivity index (χ0v) is 19.0. The molecule has 0 amide bonds. The summed E-state index contributed by atoms with van der Waals surface area (Å²) in [6.45, 7) is 6.25. The molecule has 3 rings (SSSR count). The Morgan fingerprint density at radius 1 is 1.03 bits per heavy atom. The van der Waals surface area contributed by atoms with Crippen LogP contribution >= 0.6 is 15.9 Å². The van der Waals surface area contributed by atoms with Crippen LogP contribution in [0.3, 0.4) is 0 Å². The van der Waals surface area contributed by atoms with E-state index < -0.39 is 6.16 Å². The Morgan fingerprint density at radius 3 is 2.43 bits per heavy atom. The van der Waals surface area contributed by atoms with Crippen molar-refractivity contribution in [2.45, 2.75) is 27.2 Å². The molecule has 3 aromatic rings. The number of rotatable bonds is 7. The molecule has 158 valence electrons. The van der Waals surface area contributed by atoms with E-state index >= 15 is 0 Å². The third-order valence-corrected chi connectivity index (χ3v) is 5.25. The van der Waals surface area contributed by atoms with E-state index in [2.05, 4.69) is 15.9 Å². The Kier molecular flexibility index (Phi) is 7.29. The van der Waals surface area contributed by atoms with Crippen LogP contribution in [0, 0.1) is 13.8 Å². The van der Waals surface area contributed by atoms with Crippen LogP contribution in [0.5, 0.6) is 17.2 Å². The Labute approximate surface area is 184 Å². The number of ether oxygens (including phenoxy) is 4. The van der Waals surface area contributed by atoms with Crippen molar-refractivity contribution in [1.29, 1.82) is 0 Å². The maximum Gasteiger partial charge on any atom is 0.513 e. The predicted octanol–water partition coefficient (Wildman–Crippen LogP) is 6.13. The largest absolute Gasteiger partial charge is 0.513 e. The van der Waals surface area contributed by atoms with E-state index in [1.54, 1.807) is 7.11 Å². The van der Waals surface area contributed by atoms with Gasteiger partial charge in [0, 0.05) is 28.4 Å². The molecule has 0 radical (unpaired) electrons. The third-order valence-electron chi connectivity index (χ3n) is 4.72. The van der Waals surface area contributed by atoms with Crippen LogP contribution in [0.25, 0.3) is 10.9 Å². The van der Waals surface area contributed by atoms with Crippen LogP contribution in [-0.2, 0) is 15.9 Å². The number of aryl methyl sites for hydroxylation is 2. The molecule has 0 saturated heterocycles. The van der Waals surface area contributed by atoms with Crippen molar-refractivity contribution in [3.63, 3.8) is 0 Å².